The van der Waals surface area contributed by atoms with Gasteiger partial charge in [0.25, 0.3) is 0 Å². The molecule has 0 unspecified atom stereocenters. The van der Waals surface area contributed by atoms with Crippen LogP contribution in [0.2, 0.25) is 5.15 Å². The van der Waals surface area contributed by atoms with E-state index in [9.17, 15) is 0 Å². The quantitative estimate of drug-likeness (QED) is 0.794. The van der Waals surface area contributed by atoms with E-state index in [2.05, 4.69) is 38.0 Å². The minimum Gasteiger partial charge on any atom is -0.256 e. The molecule has 0 aliphatic heterocycles. The maximum absolute atomic E-state index is 5.66. The lowest BCUT2D eigenvalue weighted by atomic mass is 10.4. The van der Waals surface area contributed by atoms with Crippen molar-refractivity contribution in [3.05, 3.63) is 52.0 Å². The third kappa shape index (κ3) is 3.47. The van der Waals surface area contributed by atoms with Crippen molar-refractivity contribution in [1.29, 1.82) is 0 Å². The molecule has 0 saturated carbocycles. The highest BCUT2D eigenvalue weighted by molar-refractivity contribution is 9.10. The number of halogens is 2. The third-order valence-corrected chi connectivity index (χ3v) is 3.64. The Morgan fingerprint density at radius 2 is 1.88 bits per heavy atom. The van der Waals surface area contributed by atoms with Crippen LogP contribution in [0.4, 0.5) is 0 Å². The number of aromatic nitrogens is 2. The van der Waals surface area contributed by atoms with Gasteiger partial charge < -0.3 is 0 Å². The summed E-state index contributed by atoms with van der Waals surface area (Å²) in [6.07, 6.45) is 3.27. The Bertz CT molecular complexity index is 413. The topological polar surface area (TPSA) is 25.8 Å². The summed E-state index contributed by atoms with van der Waals surface area (Å²) in [4.78, 5) is 9.38. The number of rotatable bonds is 3. The van der Waals surface area contributed by atoms with Crippen molar-refractivity contribution in [3.63, 3.8) is 0 Å². The smallest absolute Gasteiger partial charge is 0.147 e. The molecule has 1 aromatic carbocycles. The molecular formula is C11H8BrClN2S. The zero-order valence-electron chi connectivity index (χ0n) is 8.23. The summed E-state index contributed by atoms with van der Waals surface area (Å²) in [5.74, 6) is 0.797. The normalized spacial score (nSPS) is 10.4. The SMILES string of the molecule is Clc1cnc(CSc2ccc(Br)cc2)cn1. The number of thioether (sulfide) groups is 1. The first-order valence-corrected chi connectivity index (χ1v) is 6.74. The van der Waals surface area contributed by atoms with Crippen molar-refractivity contribution >= 4 is 39.3 Å². The van der Waals surface area contributed by atoms with E-state index in [0.29, 0.717) is 5.15 Å². The van der Waals surface area contributed by atoms with Gasteiger partial charge in [-0.2, -0.15) is 0 Å². The van der Waals surface area contributed by atoms with Gasteiger partial charge in [-0.15, -0.1) is 11.8 Å². The second kappa shape index (κ2) is 5.66. The summed E-state index contributed by atoms with van der Waals surface area (Å²) in [7, 11) is 0. The van der Waals surface area contributed by atoms with E-state index in [-0.39, 0.29) is 0 Å². The van der Waals surface area contributed by atoms with Crippen molar-refractivity contribution in [1.82, 2.24) is 9.97 Å². The standard InChI is InChI=1S/C11H8BrClN2S/c12-8-1-3-10(4-2-8)16-7-9-5-15-11(13)6-14-9/h1-6H,7H2. The van der Waals surface area contributed by atoms with Crippen LogP contribution in [0.25, 0.3) is 0 Å². The fourth-order valence-electron chi connectivity index (χ4n) is 1.10. The second-order valence-electron chi connectivity index (χ2n) is 3.07. The lowest BCUT2D eigenvalue weighted by Crippen LogP contribution is -1.88. The van der Waals surface area contributed by atoms with E-state index in [4.69, 9.17) is 11.6 Å². The summed E-state index contributed by atoms with van der Waals surface area (Å²) in [6, 6.07) is 8.18. The molecule has 2 aromatic rings. The van der Waals surface area contributed by atoms with E-state index in [0.717, 1.165) is 15.9 Å². The molecule has 16 heavy (non-hydrogen) atoms. The number of benzene rings is 1. The van der Waals surface area contributed by atoms with Crippen LogP contribution in [0, 0.1) is 0 Å². The molecule has 0 amide bonds. The summed E-state index contributed by atoms with van der Waals surface area (Å²) in [6.45, 7) is 0. The third-order valence-electron chi connectivity index (χ3n) is 1.87. The molecule has 0 aliphatic carbocycles. The molecule has 0 spiro atoms. The van der Waals surface area contributed by atoms with Crippen LogP contribution >= 0.6 is 39.3 Å². The average molecular weight is 316 g/mol. The second-order valence-corrected chi connectivity index (χ2v) is 5.42. The van der Waals surface area contributed by atoms with Crippen LogP contribution in [-0.2, 0) is 5.75 Å². The van der Waals surface area contributed by atoms with E-state index < -0.39 is 0 Å². The highest BCUT2D eigenvalue weighted by atomic mass is 79.9. The monoisotopic (exact) mass is 314 g/mol. The van der Waals surface area contributed by atoms with Crippen LogP contribution < -0.4 is 0 Å². The Kier molecular flexibility index (Phi) is 4.21. The molecule has 82 valence electrons. The Labute approximate surface area is 112 Å². The largest absolute Gasteiger partial charge is 0.256 e. The van der Waals surface area contributed by atoms with E-state index in [1.54, 1.807) is 24.2 Å². The Morgan fingerprint density at radius 1 is 1.12 bits per heavy atom. The lowest BCUT2D eigenvalue weighted by Gasteiger charge is -2.01. The van der Waals surface area contributed by atoms with Crippen molar-refractivity contribution in [2.45, 2.75) is 10.6 Å². The predicted octanol–water partition coefficient (Wildman–Crippen LogP) is 4.18. The zero-order chi connectivity index (χ0) is 11.4. The Hall–Kier alpha value is -0.580. The van der Waals surface area contributed by atoms with Gasteiger partial charge in [0, 0.05) is 15.1 Å². The van der Waals surface area contributed by atoms with Crippen molar-refractivity contribution in [2.24, 2.45) is 0 Å². The average Bonchev–Trinajstić information content (AvgIpc) is 2.30. The molecule has 5 heteroatoms. The highest BCUT2D eigenvalue weighted by Crippen LogP contribution is 2.23. The van der Waals surface area contributed by atoms with Gasteiger partial charge in [-0.3, -0.25) is 4.98 Å². The molecule has 0 saturated heterocycles. The van der Waals surface area contributed by atoms with Gasteiger partial charge in [-0.05, 0) is 24.3 Å². The molecule has 0 N–H and O–H groups in total. The number of nitrogens with zero attached hydrogens (tertiary/aromatic N) is 2. The molecule has 2 rings (SSSR count). The van der Waals surface area contributed by atoms with Crippen LogP contribution in [0.15, 0.2) is 46.0 Å². The van der Waals surface area contributed by atoms with Gasteiger partial charge >= 0.3 is 0 Å². The summed E-state index contributed by atoms with van der Waals surface area (Å²) >= 11 is 10.8. The zero-order valence-corrected chi connectivity index (χ0v) is 11.4. The fraction of sp³-hybridized carbons (Fsp3) is 0.0909. The molecule has 0 bridgehead atoms. The van der Waals surface area contributed by atoms with E-state index in [1.807, 2.05) is 12.1 Å². The minimum atomic E-state index is 0.428. The van der Waals surface area contributed by atoms with Gasteiger partial charge in [0.05, 0.1) is 18.1 Å². The molecular weight excluding hydrogens is 308 g/mol. The van der Waals surface area contributed by atoms with Crippen molar-refractivity contribution < 1.29 is 0 Å². The van der Waals surface area contributed by atoms with Gasteiger partial charge in [0.2, 0.25) is 0 Å². The first-order valence-electron chi connectivity index (χ1n) is 4.59. The predicted molar refractivity (Wildman–Crippen MR) is 70.7 cm³/mol. The molecule has 0 atom stereocenters. The van der Waals surface area contributed by atoms with Gasteiger partial charge in [0.15, 0.2) is 0 Å². The maximum atomic E-state index is 5.66. The van der Waals surface area contributed by atoms with Crippen LogP contribution in [0.3, 0.4) is 0 Å². The maximum Gasteiger partial charge on any atom is 0.147 e. The van der Waals surface area contributed by atoms with Crippen molar-refractivity contribution in [2.75, 3.05) is 0 Å². The molecule has 1 aromatic heterocycles. The van der Waals surface area contributed by atoms with Crippen LogP contribution in [0.1, 0.15) is 5.69 Å². The Morgan fingerprint density at radius 3 is 2.50 bits per heavy atom. The van der Waals surface area contributed by atoms with Crippen LogP contribution in [-0.4, -0.2) is 9.97 Å². The van der Waals surface area contributed by atoms with Gasteiger partial charge in [-0.1, -0.05) is 27.5 Å². The van der Waals surface area contributed by atoms with E-state index >= 15 is 0 Å². The molecule has 1 heterocycles. The first kappa shape index (κ1) is 11.9. The summed E-state index contributed by atoms with van der Waals surface area (Å²) in [5, 5.41) is 0.428. The van der Waals surface area contributed by atoms with Crippen LogP contribution in [0.5, 0.6) is 0 Å². The summed E-state index contributed by atoms with van der Waals surface area (Å²) < 4.78 is 1.09. The minimum absolute atomic E-state index is 0.428. The molecule has 2 nitrogen and oxygen atoms in total. The lowest BCUT2D eigenvalue weighted by molar-refractivity contribution is 1.10. The highest BCUT2D eigenvalue weighted by Gasteiger charge is 1.98. The van der Waals surface area contributed by atoms with E-state index in [1.165, 1.54) is 4.90 Å². The first-order chi connectivity index (χ1) is 7.74. The summed E-state index contributed by atoms with van der Waals surface area (Å²) in [5.41, 5.74) is 0.928. The van der Waals surface area contributed by atoms with Gasteiger partial charge in [0.1, 0.15) is 5.15 Å². The fourth-order valence-corrected chi connectivity index (χ4v) is 2.26. The van der Waals surface area contributed by atoms with Crippen molar-refractivity contribution in [3.8, 4) is 0 Å². The van der Waals surface area contributed by atoms with Gasteiger partial charge in [-0.25, -0.2) is 4.98 Å². The number of hydrogen-bond donors (Lipinski definition) is 0. The molecule has 0 aliphatic rings. The molecule has 0 fully saturated rings. The molecule has 0 radical (unpaired) electrons. The number of hydrogen-bond acceptors (Lipinski definition) is 3. The Balaban J connectivity index is 1.97.